The molecule has 1 aromatic rings. The van der Waals surface area contributed by atoms with Gasteiger partial charge in [0, 0.05) is 28.8 Å². The topological polar surface area (TPSA) is 55.6 Å². The Bertz CT molecular complexity index is 454. The minimum Gasteiger partial charge on any atom is -0.398 e. The molecule has 2 atom stereocenters. The summed E-state index contributed by atoms with van der Waals surface area (Å²) in [6, 6.07) is 5.26. The minimum atomic E-state index is 0.0256. The van der Waals surface area contributed by atoms with E-state index in [1.807, 2.05) is 18.7 Å². The van der Waals surface area contributed by atoms with Crippen LogP contribution in [-0.4, -0.2) is 36.1 Å². The fourth-order valence-electron chi connectivity index (χ4n) is 2.19. The summed E-state index contributed by atoms with van der Waals surface area (Å²) in [5, 5.41) is 0. The van der Waals surface area contributed by atoms with Crippen LogP contribution in [0.2, 0.25) is 0 Å². The molecule has 5 heteroatoms. The number of amides is 1. The summed E-state index contributed by atoms with van der Waals surface area (Å²) in [6.45, 7) is 5.22. The average Bonchev–Trinajstić information content (AvgIpc) is 2.30. The van der Waals surface area contributed by atoms with Crippen molar-refractivity contribution < 1.29 is 9.53 Å². The van der Waals surface area contributed by atoms with E-state index in [9.17, 15) is 4.79 Å². The number of ether oxygens (including phenoxy) is 1. The van der Waals surface area contributed by atoms with E-state index in [1.165, 1.54) is 0 Å². The molecule has 0 saturated carbocycles. The number of rotatable bonds is 1. The summed E-state index contributed by atoms with van der Waals surface area (Å²) in [5.74, 6) is 0.0256. The van der Waals surface area contributed by atoms with E-state index < -0.39 is 0 Å². The largest absolute Gasteiger partial charge is 0.398 e. The summed E-state index contributed by atoms with van der Waals surface area (Å²) < 4.78 is 6.37. The van der Waals surface area contributed by atoms with Gasteiger partial charge in [-0.25, -0.2) is 0 Å². The van der Waals surface area contributed by atoms with Crippen molar-refractivity contribution in [1.29, 1.82) is 0 Å². The van der Waals surface area contributed by atoms with Gasteiger partial charge in [-0.15, -0.1) is 0 Å². The van der Waals surface area contributed by atoms with Crippen molar-refractivity contribution >= 4 is 27.5 Å². The van der Waals surface area contributed by atoms with Crippen LogP contribution in [0.25, 0.3) is 0 Å². The lowest BCUT2D eigenvalue weighted by Gasteiger charge is -2.35. The summed E-state index contributed by atoms with van der Waals surface area (Å²) in [5.41, 5.74) is 7.00. The van der Waals surface area contributed by atoms with Gasteiger partial charge in [-0.05, 0) is 48.0 Å². The summed E-state index contributed by atoms with van der Waals surface area (Å²) in [6.07, 6.45) is 0.157. The summed E-state index contributed by atoms with van der Waals surface area (Å²) in [4.78, 5) is 14.2. The molecule has 0 aliphatic carbocycles. The van der Waals surface area contributed by atoms with Crippen LogP contribution in [0.15, 0.2) is 22.7 Å². The van der Waals surface area contributed by atoms with Gasteiger partial charge in [0.25, 0.3) is 5.91 Å². The average molecular weight is 313 g/mol. The lowest BCUT2D eigenvalue weighted by Crippen LogP contribution is -2.48. The van der Waals surface area contributed by atoms with E-state index in [4.69, 9.17) is 10.5 Å². The minimum absolute atomic E-state index is 0.0256. The Morgan fingerprint density at radius 1 is 1.39 bits per heavy atom. The van der Waals surface area contributed by atoms with Crippen molar-refractivity contribution in [2.75, 3.05) is 18.8 Å². The van der Waals surface area contributed by atoms with Crippen molar-refractivity contribution in [3.63, 3.8) is 0 Å². The van der Waals surface area contributed by atoms with Gasteiger partial charge in [0.1, 0.15) is 0 Å². The highest BCUT2D eigenvalue weighted by Gasteiger charge is 2.26. The maximum absolute atomic E-state index is 12.4. The molecule has 1 aliphatic heterocycles. The Hall–Kier alpha value is -1.07. The van der Waals surface area contributed by atoms with Gasteiger partial charge in [0.05, 0.1) is 12.2 Å². The molecule has 0 aromatic heterocycles. The molecule has 0 radical (unpaired) electrons. The van der Waals surface area contributed by atoms with Crippen LogP contribution in [0.4, 0.5) is 5.69 Å². The molecule has 1 heterocycles. The number of nitrogens with zero attached hydrogens (tertiary/aromatic N) is 1. The highest BCUT2D eigenvalue weighted by Crippen LogP contribution is 2.22. The van der Waals surface area contributed by atoms with Crippen molar-refractivity contribution in [2.45, 2.75) is 26.1 Å². The second-order valence-electron chi connectivity index (χ2n) is 4.70. The van der Waals surface area contributed by atoms with Crippen LogP contribution >= 0.6 is 15.9 Å². The van der Waals surface area contributed by atoms with Crippen LogP contribution in [0.1, 0.15) is 24.2 Å². The number of carbonyl (C=O) groups excluding carboxylic acids is 1. The zero-order valence-corrected chi connectivity index (χ0v) is 12.1. The number of hydrogen-bond donors (Lipinski definition) is 1. The molecule has 1 aliphatic rings. The first-order chi connectivity index (χ1) is 8.47. The first-order valence-corrected chi connectivity index (χ1v) is 6.76. The second kappa shape index (κ2) is 5.28. The van der Waals surface area contributed by atoms with Gasteiger partial charge in [-0.2, -0.15) is 0 Å². The molecule has 1 fully saturated rings. The number of morpholine rings is 1. The molecular weight excluding hydrogens is 296 g/mol. The maximum atomic E-state index is 12.4. The molecular formula is C13H17BrN2O2. The number of nitrogens with two attached hydrogens (primary N) is 1. The molecule has 2 rings (SSSR count). The first kappa shape index (κ1) is 13.4. The standard InChI is InChI=1S/C13H17BrN2O2/c1-8-6-16(7-9(2)18-8)13(17)10-3-4-12(15)11(14)5-10/h3-5,8-9H,6-7,15H2,1-2H3/t8-,9+. The molecule has 18 heavy (non-hydrogen) atoms. The fourth-order valence-corrected chi connectivity index (χ4v) is 2.57. The van der Waals surface area contributed by atoms with Crippen LogP contribution in [0.3, 0.4) is 0 Å². The number of anilines is 1. The normalized spacial score (nSPS) is 24.1. The van der Waals surface area contributed by atoms with Crippen molar-refractivity contribution in [1.82, 2.24) is 4.90 Å². The fraction of sp³-hybridized carbons (Fsp3) is 0.462. The Kier molecular flexibility index (Phi) is 3.92. The van der Waals surface area contributed by atoms with Gasteiger partial charge >= 0.3 is 0 Å². The van der Waals surface area contributed by atoms with Crippen molar-refractivity contribution in [2.24, 2.45) is 0 Å². The van der Waals surface area contributed by atoms with Crippen LogP contribution in [0, 0.1) is 0 Å². The Labute approximate surface area is 115 Å². The molecule has 98 valence electrons. The quantitative estimate of drug-likeness (QED) is 0.809. The molecule has 0 bridgehead atoms. The Balaban J connectivity index is 2.17. The Morgan fingerprint density at radius 3 is 2.56 bits per heavy atom. The van der Waals surface area contributed by atoms with Crippen LogP contribution in [0.5, 0.6) is 0 Å². The second-order valence-corrected chi connectivity index (χ2v) is 5.56. The van der Waals surface area contributed by atoms with Gasteiger partial charge in [0.2, 0.25) is 0 Å². The van der Waals surface area contributed by atoms with Gasteiger partial charge < -0.3 is 15.4 Å². The van der Waals surface area contributed by atoms with E-state index in [1.54, 1.807) is 18.2 Å². The molecule has 0 spiro atoms. The lowest BCUT2D eigenvalue weighted by molar-refractivity contribution is -0.0586. The molecule has 1 amide bonds. The predicted octanol–water partition coefficient (Wildman–Crippen LogP) is 2.28. The third kappa shape index (κ3) is 2.84. The zero-order chi connectivity index (χ0) is 13.3. The lowest BCUT2D eigenvalue weighted by atomic mass is 10.1. The molecule has 0 unspecified atom stereocenters. The van der Waals surface area contributed by atoms with E-state index >= 15 is 0 Å². The number of halogens is 1. The van der Waals surface area contributed by atoms with Gasteiger partial charge in [-0.3, -0.25) is 4.79 Å². The third-order valence-electron chi connectivity index (χ3n) is 2.95. The predicted molar refractivity (Wildman–Crippen MR) is 74.5 cm³/mol. The highest BCUT2D eigenvalue weighted by molar-refractivity contribution is 9.10. The first-order valence-electron chi connectivity index (χ1n) is 5.97. The molecule has 1 saturated heterocycles. The molecule has 4 nitrogen and oxygen atoms in total. The number of benzene rings is 1. The summed E-state index contributed by atoms with van der Waals surface area (Å²) in [7, 11) is 0. The monoisotopic (exact) mass is 312 g/mol. The van der Waals surface area contributed by atoms with Crippen LogP contribution < -0.4 is 5.73 Å². The van der Waals surface area contributed by atoms with Crippen molar-refractivity contribution in [3.8, 4) is 0 Å². The third-order valence-corrected chi connectivity index (χ3v) is 3.64. The van der Waals surface area contributed by atoms with Gasteiger partial charge in [-0.1, -0.05) is 0 Å². The SMILES string of the molecule is C[C@@H]1CN(C(=O)c2ccc(N)c(Br)c2)C[C@H](C)O1. The van der Waals surface area contributed by atoms with E-state index in [0.29, 0.717) is 24.3 Å². The zero-order valence-electron chi connectivity index (χ0n) is 10.5. The van der Waals surface area contributed by atoms with Gasteiger partial charge in [0.15, 0.2) is 0 Å². The highest BCUT2D eigenvalue weighted by atomic mass is 79.9. The number of nitrogen functional groups attached to an aromatic ring is 1. The van der Waals surface area contributed by atoms with Crippen molar-refractivity contribution in [3.05, 3.63) is 28.2 Å². The van der Waals surface area contributed by atoms with E-state index in [-0.39, 0.29) is 18.1 Å². The van der Waals surface area contributed by atoms with Crippen LogP contribution in [-0.2, 0) is 4.74 Å². The number of hydrogen-bond acceptors (Lipinski definition) is 3. The molecule has 2 N–H and O–H groups in total. The van der Waals surface area contributed by atoms with E-state index in [2.05, 4.69) is 15.9 Å². The molecule has 1 aromatic carbocycles. The smallest absolute Gasteiger partial charge is 0.254 e. The maximum Gasteiger partial charge on any atom is 0.254 e. The van der Waals surface area contributed by atoms with E-state index in [0.717, 1.165) is 4.47 Å². The number of carbonyl (C=O) groups is 1. The Morgan fingerprint density at radius 2 is 2.00 bits per heavy atom. The summed E-state index contributed by atoms with van der Waals surface area (Å²) >= 11 is 3.34.